The summed E-state index contributed by atoms with van der Waals surface area (Å²) in [5, 5.41) is 2.51. The van der Waals surface area contributed by atoms with Gasteiger partial charge in [-0.1, -0.05) is 54.6 Å². The molecule has 7 nitrogen and oxygen atoms in total. The summed E-state index contributed by atoms with van der Waals surface area (Å²) in [6, 6.07) is 18.9. The van der Waals surface area contributed by atoms with Crippen molar-refractivity contribution >= 4 is 18.6 Å². The summed E-state index contributed by atoms with van der Waals surface area (Å²) in [7, 11) is -4.64. The Morgan fingerprint density at radius 3 is 2.00 bits per heavy atom. The predicted molar refractivity (Wildman–Crippen MR) is 92.5 cm³/mol. The molecule has 130 valence electrons. The van der Waals surface area contributed by atoms with Gasteiger partial charge in [0.2, 0.25) is 0 Å². The zero-order valence-corrected chi connectivity index (χ0v) is 13.6. The Balaban J connectivity index is 0.000000673. The molecular formula is C16H20NO6P. The Kier molecular flexibility index (Phi) is 9.02. The molecule has 24 heavy (non-hydrogen) atoms. The van der Waals surface area contributed by atoms with Gasteiger partial charge in [-0.15, -0.1) is 0 Å². The summed E-state index contributed by atoms with van der Waals surface area (Å²) in [6.07, 6.45) is 4.83. The van der Waals surface area contributed by atoms with Crippen molar-refractivity contribution in [1.82, 2.24) is 4.98 Å². The SMILES string of the molecule is O.O.O=P(O)(O)O.c1ccc(Cc2cncc3ccccc23)cc1. The number of hydrogen-bond acceptors (Lipinski definition) is 2. The van der Waals surface area contributed by atoms with Crippen LogP contribution in [0.3, 0.4) is 0 Å². The number of benzene rings is 2. The molecule has 7 N–H and O–H groups in total. The molecule has 0 fully saturated rings. The van der Waals surface area contributed by atoms with E-state index in [2.05, 4.69) is 53.5 Å². The van der Waals surface area contributed by atoms with Crippen molar-refractivity contribution in [2.75, 3.05) is 0 Å². The van der Waals surface area contributed by atoms with Crippen molar-refractivity contribution < 1.29 is 30.2 Å². The molecule has 0 aliphatic heterocycles. The van der Waals surface area contributed by atoms with E-state index in [0.717, 1.165) is 6.42 Å². The van der Waals surface area contributed by atoms with Crippen LogP contribution in [0.5, 0.6) is 0 Å². The van der Waals surface area contributed by atoms with E-state index in [0.29, 0.717) is 0 Å². The van der Waals surface area contributed by atoms with Crippen molar-refractivity contribution in [2.45, 2.75) is 6.42 Å². The summed E-state index contributed by atoms with van der Waals surface area (Å²) >= 11 is 0. The first-order valence-corrected chi connectivity index (χ1v) is 8.14. The van der Waals surface area contributed by atoms with Gasteiger partial charge in [0.15, 0.2) is 0 Å². The third-order valence-electron chi connectivity index (χ3n) is 2.99. The predicted octanol–water partition coefficient (Wildman–Crippen LogP) is 1.25. The van der Waals surface area contributed by atoms with Gasteiger partial charge < -0.3 is 25.6 Å². The molecule has 0 amide bonds. The van der Waals surface area contributed by atoms with Crippen LogP contribution in [0.15, 0.2) is 67.0 Å². The lowest BCUT2D eigenvalue weighted by Gasteiger charge is -2.05. The van der Waals surface area contributed by atoms with E-state index in [1.165, 1.54) is 21.9 Å². The van der Waals surface area contributed by atoms with Crippen molar-refractivity contribution in [2.24, 2.45) is 0 Å². The largest absolute Gasteiger partial charge is 0.466 e. The Morgan fingerprint density at radius 2 is 1.38 bits per heavy atom. The minimum atomic E-state index is -4.64. The molecule has 1 heterocycles. The van der Waals surface area contributed by atoms with Gasteiger partial charge in [0.1, 0.15) is 0 Å². The second kappa shape index (κ2) is 9.89. The minimum absolute atomic E-state index is 0. The number of pyridine rings is 1. The number of fused-ring (bicyclic) bond motifs is 1. The van der Waals surface area contributed by atoms with E-state index in [-0.39, 0.29) is 11.0 Å². The molecule has 0 aliphatic rings. The first-order chi connectivity index (χ1) is 10.4. The quantitative estimate of drug-likeness (QED) is 0.592. The highest BCUT2D eigenvalue weighted by atomic mass is 31.2. The first kappa shape index (κ1) is 21.9. The lowest BCUT2D eigenvalue weighted by molar-refractivity contribution is 0.275. The van der Waals surface area contributed by atoms with Crippen LogP contribution in [-0.2, 0) is 11.0 Å². The van der Waals surface area contributed by atoms with Gasteiger partial charge in [0, 0.05) is 17.8 Å². The van der Waals surface area contributed by atoms with Gasteiger partial charge in [-0.3, -0.25) is 4.98 Å². The number of nitrogens with zero attached hydrogens (tertiary/aromatic N) is 1. The Hall–Kier alpha value is -2.12. The maximum absolute atomic E-state index is 8.88. The molecule has 0 radical (unpaired) electrons. The third kappa shape index (κ3) is 7.43. The molecule has 3 rings (SSSR count). The van der Waals surface area contributed by atoms with Gasteiger partial charge in [-0.05, 0) is 22.9 Å². The van der Waals surface area contributed by atoms with Gasteiger partial charge in [-0.2, -0.15) is 0 Å². The molecule has 0 atom stereocenters. The molecule has 0 spiro atoms. The van der Waals surface area contributed by atoms with E-state index < -0.39 is 7.82 Å². The van der Waals surface area contributed by atoms with Gasteiger partial charge in [0.25, 0.3) is 0 Å². The van der Waals surface area contributed by atoms with Crippen LogP contribution in [0, 0.1) is 0 Å². The average Bonchev–Trinajstić information content (AvgIpc) is 2.47. The molecule has 0 saturated heterocycles. The Labute approximate surface area is 139 Å². The lowest BCUT2D eigenvalue weighted by Crippen LogP contribution is -1.90. The second-order valence-electron chi connectivity index (χ2n) is 4.70. The third-order valence-corrected chi connectivity index (χ3v) is 2.99. The molecular weight excluding hydrogens is 333 g/mol. The summed E-state index contributed by atoms with van der Waals surface area (Å²) in [5.41, 5.74) is 2.61. The van der Waals surface area contributed by atoms with E-state index in [4.69, 9.17) is 19.2 Å². The van der Waals surface area contributed by atoms with Crippen LogP contribution in [0.4, 0.5) is 0 Å². The fraction of sp³-hybridized carbons (Fsp3) is 0.0625. The number of hydrogen-bond donors (Lipinski definition) is 3. The fourth-order valence-corrected chi connectivity index (χ4v) is 2.14. The van der Waals surface area contributed by atoms with Crippen LogP contribution >= 0.6 is 7.82 Å². The van der Waals surface area contributed by atoms with E-state index in [1.807, 2.05) is 18.5 Å². The molecule has 0 saturated carbocycles. The smallest absolute Gasteiger partial charge is 0.412 e. The highest BCUT2D eigenvalue weighted by Gasteiger charge is 2.02. The standard InChI is InChI=1S/C16H13N.H3O4P.2H2O/c1-2-6-13(7-3-1)10-15-12-17-11-14-8-4-5-9-16(14)15;1-5(2,3)4;;/h1-9,11-12H,10H2;(H3,1,2,3,4);2*1H2. The van der Waals surface area contributed by atoms with Crippen LogP contribution in [0.25, 0.3) is 10.8 Å². The van der Waals surface area contributed by atoms with Crippen molar-refractivity contribution in [3.05, 3.63) is 78.1 Å². The zero-order valence-electron chi connectivity index (χ0n) is 12.7. The maximum atomic E-state index is 8.88. The molecule has 0 unspecified atom stereocenters. The fourth-order valence-electron chi connectivity index (χ4n) is 2.14. The van der Waals surface area contributed by atoms with Crippen LogP contribution in [-0.4, -0.2) is 30.6 Å². The minimum Gasteiger partial charge on any atom is -0.412 e. The molecule has 0 aliphatic carbocycles. The summed E-state index contributed by atoms with van der Waals surface area (Å²) in [5.74, 6) is 0. The topological polar surface area (TPSA) is 154 Å². The van der Waals surface area contributed by atoms with Crippen LogP contribution < -0.4 is 0 Å². The highest BCUT2D eigenvalue weighted by Crippen LogP contribution is 2.25. The summed E-state index contributed by atoms with van der Waals surface area (Å²) < 4.78 is 8.88. The van der Waals surface area contributed by atoms with Crippen LogP contribution in [0.2, 0.25) is 0 Å². The Bertz CT molecular complexity index is 777. The summed E-state index contributed by atoms with van der Waals surface area (Å²) in [6.45, 7) is 0. The van der Waals surface area contributed by atoms with Crippen molar-refractivity contribution in [3.8, 4) is 0 Å². The summed E-state index contributed by atoms with van der Waals surface area (Å²) in [4.78, 5) is 25.9. The van der Waals surface area contributed by atoms with Gasteiger partial charge in [0.05, 0.1) is 0 Å². The highest BCUT2D eigenvalue weighted by molar-refractivity contribution is 7.45. The molecule has 3 aromatic rings. The molecule has 2 aromatic carbocycles. The van der Waals surface area contributed by atoms with E-state index in [1.54, 1.807) is 0 Å². The molecule has 1 aromatic heterocycles. The first-order valence-electron chi connectivity index (χ1n) is 6.57. The molecule has 8 heteroatoms. The van der Waals surface area contributed by atoms with E-state index in [9.17, 15) is 0 Å². The van der Waals surface area contributed by atoms with Crippen LogP contribution in [0.1, 0.15) is 11.1 Å². The Morgan fingerprint density at radius 1 is 0.833 bits per heavy atom. The maximum Gasteiger partial charge on any atom is 0.466 e. The number of rotatable bonds is 2. The average molecular weight is 353 g/mol. The van der Waals surface area contributed by atoms with Gasteiger partial charge in [-0.25, -0.2) is 4.57 Å². The van der Waals surface area contributed by atoms with Gasteiger partial charge >= 0.3 is 7.82 Å². The van der Waals surface area contributed by atoms with Crippen molar-refractivity contribution in [1.29, 1.82) is 0 Å². The zero-order chi connectivity index (χ0) is 16.0. The number of phosphoric acid groups is 1. The van der Waals surface area contributed by atoms with E-state index >= 15 is 0 Å². The second-order valence-corrected chi connectivity index (χ2v) is 5.72. The normalized spacial score (nSPS) is 9.96. The lowest BCUT2D eigenvalue weighted by atomic mass is 10.0. The van der Waals surface area contributed by atoms with Crippen molar-refractivity contribution in [3.63, 3.8) is 0 Å². The molecule has 0 bridgehead atoms. The number of aromatic nitrogens is 1. The monoisotopic (exact) mass is 353 g/mol.